The molecule has 0 amide bonds. The summed E-state index contributed by atoms with van der Waals surface area (Å²) in [6.07, 6.45) is 0. The highest BCUT2D eigenvalue weighted by atomic mass is 16.5. The third-order valence-corrected chi connectivity index (χ3v) is 4.38. The van der Waals surface area contributed by atoms with E-state index < -0.39 is 0 Å². The van der Waals surface area contributed by atoms with Gasteiger partial charge in [0.1, 0.15) is 17.3 Å². The molecule has 5 nitrogen and oxygen atoms in total. The van der Waals surface area contributed by atoms with E-state index in [9.17, 15) is 0 Å². The van der Waals surface area contributed by atoms with Gasteiger partial charge in [-0.2, -0.15) is 0 Å². The molecular weight excluding hydrogens is 314 g/mol. The van der Waals surface area contributed by atoms with Crippen molar-refractivity contribution >= 4 is 0 Å². The normalized spacial score (nSPS) is 20.3. The van der Waals surface area contributed by atoms with Crippen molar-refractivity contribution < 1.29 is 9.15 Å². The number of hydrogen-bond acceptors (Lipinski definition) is 5. The van der Waals surface area contributed by atoms with Crippen LogP contribution in [0.1, 0.15) is 37.0 Å². The van der Waals surface area contributed by atoms with Crippen LogP contribution in [0.25, 0.3) is 0 Å². The summed E-state index contributed by atoms with van der Waals surface area (Å²) >= 11 is 0. The maximum absolute atomic E-state index is 5.80. The third-order valence-electron chi connectivity index (χ3n) is 4.38. The Morgan fingerprint density at radius 3 is 2.92 bits per heavy atom. The number of aryl methyl sites for hydroxylation is 1. The van der Waals surface area contributed by atoms with Crippen LogP contribution in [0.2, 0.25) is 0 Å². The van der Waals surface area contributed by atoms with Gasteiger partial charge in [-0.1, -0.05) is 26.0 Å². The molecule has 25 heavy (non-hydrogen) atoms. The molecule has 2 heterocycles. The molecule has 3 N–H and O–H groups in total. The molecule has 3 rings (SSSR count). The first-order valence-electron chi connectivity index (χ1n) is 9.09. The molecule has 2 unspecified atom stereocenters. The summed E-state index contributed by atoms with van der Waals surface area (Å²) in [6, 6.07) is 12.6. The molecule has 1 aromatic heterocycles. The van der Waals surface area contributed by atoms with Crippen molar-refractivity contribution in [3.05, 3.63) is 53.5 Å². The average Bonchev–Trinajstić information content (AvgIpc) is 3.22. The number of hydrogen-bond donors (Lipinski definition) is 3. The lowest BCUT2D eigenvalue weighted by Gasteiger charge is -2.17. The number of hydrazine groups is 1. The van der Waals surface area contributed by atoms with E-state index in [4.69, 9.17) is 9.15 Å². The molecule has 1 aliphatic rings. The maximum atomic E-state index is 5.80. The SMILES string of the molecule is Cc1ccc(C2NNCC2CNCc2cccc(OCC(C)C)c2)o1. The first-order valence-corrected chi connectivity index (χ1v) is 9.09. The van der Waals surface area contributed by atoms with Gasteiger partial charge in [0.25, 0.3) is 0 Å². The Morgan fingerprint density at radius 2 is 2.16 bits per heavy atom. The topological polar surface area (TPSA) is 58.5 Å². The third kappa shape index (κ3) is 5.08. The summed E-state index contributed by atoms with van der Waals surface area (Å²) in [6.45, 7) is 9.72. The van der Waals surface area contributed by atoms with Crippen LogP contribution in [0.3, 0.4) is 0 Å². The zero-order valence-electron chi connectivity index (χ0n) is 15.3. The average molecular weight is 343 g/mol. The van der Waals surface area contributed by atoms with Crippen LogP contribution in [-0.2, 0) is 6.54 Å². The molecular formula is C20H29N3O2. The van der Waals surface area contributed by atoms with Gasteiger partial charge in [-0.25, -0.2) is 5.43 Å². The van der Waals surface area contributed by atoms with E-state index >= 15 is 0 Å². The van der Waals surface area contributed by atoms with Gasteiger partial charge in [0, 0.05) is 25.6 Å². The Labute approximate surface area is 150 Å². The highest BCUT2D eigenvalue weighted by Gasteiger charge is 2.30. The predicted octanol–water partition coefficient (Wildman–Crippen LogP) is 3.18. The molecule has 2 aromatic rings. The molecule has 0 saturated carbocycles. The van der Waals surface area contributed by atoms with Gasteiger partial charge in [0.2, 0.25) is 0 Å². The van der Waals surface area contributed by atoms with Crippen molar-refractivity contribution in [2.45, 2.75) is 33.4 Å². The molecule has 1 saturated heterocycles. The largest absolute Gasteiger partial charge is 0.493 e. The highest BCUT2D eigenvalue weighted by molar-refractivity contribution is 5.28. The van der Waals surface area contributed by atoms with E-state index in [1.54, 1.807) is 0 Å². The molecule has 5 heteroatoms. The standard InChI is InChI=1S/C20H29N3O2/c1-14(2)13-24-18-6-4-5-16(9-18)10-21-11-17-12-22-23-20(17)19-8-7-15(3)25-19/h4-9,14,17,20-23H,10-13H2,1-3H3. The van der Waals surface area contributed by atoms with E-state index in [0.717, 1.165) is 43.5 Å². The lowest BCUT2D eigenvalue weighted by Crippen LogP contribution is -2.28. The molecule has 0 aliphatic carbocycles. The van der Waals surface area contributed by atoms with E-state index in [2.05, 4.69) is 54.3 Å². The van der Waals surface area contributed by atoms with Crippen LogP contribution in [-0.4, -0.2) is 19.7 Å². The minimum atomic E-state index is 0.210. The molecule has 136 valence electrons. The number of furan rings is 1. The first kappa shape index (κ1) is 18.0. The molecule has 0 radical (unpaired) electrons. The van der Waals surface area contributed by atoms with Crippen molar-refractivity contribution in [1.29, 1.82) is 0 Å². The minimum Gasteiger partial charge on any atom is -0.493 e. The van der Waals surface area contributed by atoms with Gasteiger partial charge in [0.05, 0.1) is 12.6 Å². The summed E-state index contributed by atoms with van der Waals surface area (Å²) in [5, 5.41) is 3.57. The Hall–Kier alpha value is -1.82. The summed E-state index contributed by atoms with van der Waals surface area (Å²) in [7, 11) is 0. The van der Waals surface area contributed by atoms with Gasteiger partial charge in [-0.15, -0.1) is 0 Å². The summed E-state index contributed by atoms with van der Waals surface area (Å²) in [4.78, 5) is 0. The van der Waals surface area contributed by atoms with Gasteiger partial charge >= 0.3 is 0 Å². The second-order valence-corrected chi connectivity index (χ2v) is 7.19. The zero-order valence-corrected chi connectivity index (χ0v) is 15.3. The molecule has 1 aromatic carbocycles. The van der Waals surface area contributed by atoms with Crippen LogP contribution in [0.5, 0.6) is 5.75 Å². The van der Waals surface area contributed by atoms with Crippen LogP contribution >= 0.6 is 0 Å². The fourth-order valence-electron chi connectivity index (χ4n) is 3.06. The monoisotopic (exact) mass is 343 g/mol. The van der Waals surface area contributed by atoms with Crippen molar-refractivity contribution in [1.82, 2.24) is 16.2 Å². The van der Waals surface area contributed by atoms with Gasteiger partial charge in [0.15, 0.2) is 0 Å². The smallest absolute Gasteiger partial charge is 0.122 e. The quantitative estimate of drug-likeness (QED) is 0.687. The molecule has 2 atom stereocenters. The fourth-order valence-corrected chi connectivity index (χ4v) is 3.06. The summed E-state index contributed by atoms with van der Waals surface area (Å²) < 4.78 is 11.6. The number of benzene rings is 1. The Balaban J connectivity index is 1.50. The Kier molecular flexibility index (Phi) is 6.13. The van der Waals surface area contributed by atoms with E-state index in [-0.39, 0.29) is 6.04 Å². The van der Waals surface area contributed by atoms with Crippen LogP contribution < -0.4 is 20.9 Å². The van der Waals surface area contributed by atoms with Crippen molar-refractivity contribution in [3.8, 4) is 5.75 Å². The van der Waals surface area contributed by atoms with Crippen LogP contribution in [0.15, 0.2) is 40.8 Å². The summed E-state index contributed by atoms with van der Waals surface area (Å²) in [5.41, 5.74) is 7.80. The lowest BCUT2D eigenvalue weighted by atomic mass is 10.00. The first-order chi connectivity index (χ1) is 12.1. The number of nitrogens with one attached hydrogen (secondary N) is 3. The van der Waals surface area contributed by atoms with E-state index in [1.165, 1.54) is 5.56 Å². The van der Waals surface area contributed by atoms with E-state index in [1.807, 2.05) is 19.1 Å². The zero-order chi connectivity index (χ0) is 17.6. The molecule has 0 spiro atoms. The van der Waals surface area contributed by atoms with E-state index in [0.29, 0.717) is 11.8 Å². The highest BCUT2D eigenvalue weighted by Crippen LogP contribution is 2.26. The molecule has 1 fully saturated rings. The summed E-state index contributed by atoms with van der Waals surface area (Å²) in [5.74, 6) is 3.88. The second-order valence-electron chi connectivity index (χ2n) is 7.19. The van der Waals surface area contributed by atoms with Crippen molar-refractivity contribution in [2.24, 2.45) is 11.8 Å². The fraction of sp³-hybridized carbons (Fsp3) is 0.500. The van der Waals surface area contributed by atoms with Crippen molar-refractivity contribution in [3.63, 3.8) is 0 Å². The minimum absolute atomic E-state index is 0.210. The van der Waals surface area contributed by atoms with Gasteiger partial charge in [-0.05, 0) is 42.7 Å². The van der Waals surface area contributed by atoms with Gasteiger partial charge in [-0.3, -0.25) is 5.43 Å². The van der Waals surface area contributed by atoms with Crippen LogP contribution in [0.4, 0.5) is 0 Å². The van der Waals surface area contributed by atoms with Crippen molar-refractivity contribution in [2.75, 3.05) is 19.7 Å². The Bertz CT molecular complexity index is 668. The van der Waals surface area contributed by atoms with Gasteiger partial charge < -0.3 is 14.5 Å². The maximum Gasteiger partial charge on any atom is 0.122 e. The number of rotatable bonds is 8. The molecule has 0 bridgehead atoms. The van der Waals surface area contributed by atoms with Crippen LogP contribution in [0, 0.1) is 18.8 Å². The lowest BCUT2D eigenvalue weighted by molar-refractivity contribution is 0.271. The Morgan fingerprint density at radius 1 is 1.28 bits per heavy atom. The second kappa shape index (κ2) is 8.52. The number of ether oxygens (including phenoxy) is 1. The molecule has 1 aliphatic heterocycles. The predicted molar refractivity (Wildman–Crippen MR) is 99.3 cm³/mol.